The largest absolute Gasteiger partial charge is 0.0882 e. The molecule has 13 heavy (non-hydrogen) atoms. The molecule has 0 radical (unpaired) electrons. The molecule has 0 N–H and O–H groups in total. The minimum absolute atomic E-state index is 1.15. The molecule has 0 aliphatic heterocycles. The van der Waals surface area contributed by atoms with E-state index in [1.165, 1.54) is 36.6 Å². The molecular formula is C12H17Br. The van der Waals surface area contributed by atoms with E-state index in [4.69, 9.17) is 0 Å². The Kier molecular flexibility index (Phi) is 5.92. The van der Waals surface area contributed by atoms with Crippen LogP contribution in [0, 0.1) is 0 Å². The Labute approximate surface area is 89.5 Å². The molecule has 0 saturated heterocycles. The molecule has 0 bridgehead atoms. The van der Waals surface area contributed by atoms with Crippen LogP contribution in [0.15, 0.2) is 34.9 Å². The van der Waals surface area contributed by atoms with Crippen LogP contribution in [0.2, 0.25) is 0 Å². The van der Waals surface area contributed by atoms with Crippen molar-refractivity contribution < 1.29 is 0 Å². The molecular weight excluding hydrogens is 224 g/mol. The lowest BCUT2D eigenvalue weighted by Gasteiger charge is -1.97. The predicted molar refractivity (Wildman–Crippen MR) is 63.0 cm³/mol. The van der Waals surface area contributed by atoms with Gasteiger partial charge < -0.3 is 0 Å². The van der Waals surface area contributed by atoms with Crippen LogP contribution in [-0.4, -0.2) is 0 Å². The van der Waals surface area contributed by atoms with E-state index >= 15 is 0 Å². The van der Waals surface area contributed by atoms with Crippen molar-refractivity contribution in [3.05, 3.63) is 34.9 Å². The van der Waals surface area contributed by atoms with Crippen LogP contribution in [-0.2, 0) is 0 Å². The first-order valence-electron chi connectivity index (χ1n) is 5.04. The van der Waals surface area contributed by atoms with E-state index in [0.717, 1.165) is 6.42 Å². The molecule has 0 nitrogen and oxygen atoms in total. The first-order chi connectivity index (χ1) is 6.39. The van der Waals surface area contributed by atoms with Gasteiger partial charge in [-0.05, 0) is 43.0 Å². The molecule has 0 aromatic carbocycles. The first-order valence-corrected chi connectivity index (χ1v) is 5.83. The van der Waals surface area contributed by atoms with Gasteiger partial charge in [0.2, 0.25) is 0 Å². The highest BCUT2D eigenvalue weighted by Gasteiger charge is 1.90. The lowest BCUT2D eigenvalue weighted by molar-refractivity contribution is 0.957. The maximum absolute atomic E-state index is 3.58. The molecule has 0 saturated carbocycles. The van der Waals surface area contributed by atoms with E-state index < -0.39 is 0 Å². The Morgan fingerprint density at radius 1 is 0.769 bits per heavy atom. The average Bonchev–Trinajstić information content (AvgIpc) is 2.11. The van der Waals surface area contributed by atoms with Crippen LogP contribution >= 0.6 is 15.9 Å². The molecule has 0 atom stereocenters. The Bertz CT molecular complexity index is 211. The summed E-state index contributed by atoms with van der Waals surface area (Å²) in [4.78, 5) is 0. The van der Waals surface area contributed by atoms with Crippen molar-refractivity contribution in [1.82, 2.24) is 0 Å². The molecule has 0 fully saturated rings. The van der Waals surface area contributed by atoms with Crippen molar-refractivity contribution in [2.75, 3.05) is 0 Å². The second-order valence-electron chi connectivity index (χ2n) is 3.29. The van der Waals surface area contributed by atoms with Crippen molar-refractivity contribution >= 4 is 15.9 Å². The van der Waals surface area contributed by atoms with Gasteiger partial charge >= 0.3 is 0 Å². The molecule has 72 valence electrons. The van der Waals surface area contributed by atoms with Crippen LogP contribution in [0.25, 0.3) is 0 Å². The molecule has 1 aliphatic carbocycles. The zero-order chi connectivity index (χ0) is 9.36. The minimum Gasteiger partial charge on any atom is -0.0882 e. The van der Waals surface area contributed by atoms with E-state index in [1.807, 2.05) is 0 Å². The van der Waals surface area contributed by atoms with Crippen LogP contribution in [0.1, 0.15) is 38.5 Å². The summed E-state index contributed by atoms with van der Waals surface area (Å²) in [5.41, 5.74) is 0. The van der Waals surface area contributed by atoms with Crippen molar-refractivity contribution in [2.45, 2.75) is 38.5 Å². The summed E-state index contributed by atoms with van der Waals surface area (Å²) < 4.78 is 1.35. The van der Waals surface area contributed by atoms with Gasteiger partial charge in [0.1, 0.15) is 0 Å². The van der Waals surface area contributed by atoms with Gasteiger partial charge in [-0.3, -0.25) is 0 Å². The van der Waals surface area contributed by atoms with Crippen molar-refractivity contribution in [2.24, 2.45) is 0 Å². The Morgan fingerprint density at radius 3 is 2.00 bits per heavy atom. The normalized spacial score (nSPS) is 29.2. The molecule has 0 aromatic rings. The topological polar surface area (TPSA) is 0 Å². The van der Waals surface area contributed by atoms with Gasteiger partial charge in [0.25, 0.3) is 0 Å². The van der Waals surface area contributed by atoms with Crippen LogP contribution in [0.4, 0.5) is 0 Å². The highest BCUT2D eigenvalue weighted by molar-refractivity contribution is 9.11. The Morgan fingerprint density at radius 2 is 1.31 bits per heavy atom. The number of allylic oxidation sites excluding steroid dienone is 6. The van der Waals surface area contributed by atoms with Gasteiger partial charge in [-0.2, -0.15) is 0 Å². The third-order valence-electron chi connectivity index (χ3n) is 2.08. The summed E-state index contributed by atoms with van der Waals surface area (Å²) in [5, 5.41) is 0. The monoisotopic (exact) mass is 240 g/mol. The van der Waals surface area contributed by atoms with E-state index in [2.05, 4.69) is 46.3 Å². The lowest BCUT2D eigenvalue weighted by Crippen LogP contribution is -1.76. The van der Waals surface area contributed by atoms with E-state index in [1.54, 1.807) is 0 Å². The smallest absolute Gasteiger partial charge is 0.00860 e. The van der Waals surface area contributed by atoms with Gasteiger partial charge in [0.05, 0.1) is 0 Å². The molecule has 1 rings (SSSR count). The van der Waals surface area contributed by atoms with Crippen molar-refractivity contribution in [1.29, 1.82) is 0 Å². The zero-order valence-corrected chi connectivity index (χ0v) is 9.59. The van der Waals surface area contributed by atoms with Crippen LogP contribution in [0.3, 0.4) is 0 Å². The Balaban J connectivity index is 2.42. The second kappa shape index (κ2) is 7.14. The molecule has 1 heteroatoms. The molecule has 0 heterocycles. The summed E-state index contributed by atoms with van der Waals surface area (Å²) >= 11 is 3.58. The van der Waals surface area contributed by atoms with Crippen LogP contribution < -0.4 is 0 Å². The van der Waals surface area contributed by atoms with Gasteiger partial charge in [-0.1, -0.05) is 46.3 Å². The third kappa shape index (κ3) is 5.87. The quantitative estimate of drug-likeness (QED) is 0.538. The highest BCUT2D eigenvalue weighted by atomic mass is 79.9. The maximum atomic E-state index is 3.58. The molecule has 1 aliphatic rings. The fraction of sp³-hybridized carbons (Fsp3) is 0.500. The number of rotatable bonds is 0. The third-order valence-corrected chi connectivity index (χ3v) is 2.80. The summed E-state index contributed by atoms with van der Waals surface area (Å²) in [6, 6.07) is 0. The zero-order valence-electron chi connectivity index (χ0n) is 8.01. The molecule has 0 aromatic heterocycles. The lowest BCUT2D eigenvalue weighted by atomic mass is 10.1. The number of hydrogen-bond acceptors (Lipinski definition) is 0. The minimum atomic E-state index is 1.15. The number of hydrogen-bond donors (Lipinski definition) is 0. The predicted octanol–water partition coefficient (Wildman–Crippen LogP) is 4.73. The fourth-order valence-electron chi connectivity index (χ4n) is 1.32. The van der Waals surface area contributed by atoms with E-state index in [9.17, 15) is 0 Å². The van der Waals surface area contributed by atoms with Gasteiger partial charge in [-0.15, -0.1) is 0 Å². The second-order valence-corrected chi connectivity index (χ2v) is 4.31. The standard InChI is InChI=1S/C12H17Br/c13-12-10-8-6-4-2-1-3-5-7-9-11-12/h2,4-5,7,10H,1,3,6,8-9,11H2/b4-2+,7-5+,12-10+. The van der Waals surface area contributed by atoms with Crippen molar-refractivity contribution in [3.8, 4) is 0 Å². The Hall–Kier alpha value is -0.300. The van der Waals surface area contributed by atoms with Crippen molar-refractivity contribution in [3.63, 3.8) is 0 Å². The maximum Gasteiger partial charge on any atom is -0.00860 e. The van der Waals surface area contributed by atoms with E-state index in [0.29, 0.717) is 0 Å². The first kappa shape index (κ1) is 10.8. The molecule has 0 spiro atoms. The van der Waals surface area contributed by atoms with Crippen LogP contribution in [0.5, 0.6) is 0 Å². The van der Waals surface area contributed by atoms with Gasteiger partial charge in [0.15, 0.2) is 0 Å². The fourth-order valence-corrected chi connectivity index (χ4v) is 1.78. The van der Waals surface area contributed by atoms with Gasteiger partial charge in [0, 0.05) is 0 Å². The summed E-state index contributed by atoms with van der Waals surface area (Å²) in [6.07, 6.45) is 18.5. The number of halogens is 1. The summed E-state index contributed by atoms with van der Waals surface area (Å²) in [7, 11) is 0. The highest BCUT2D eigenvalue weighted by Crippen LogP contribution is 2.15. The van der Waals surface area contributed by atoms with Gasteiger partial charge in [-0.25, -0.2) is 0 Å². The average molecular weight is 241 g/mol. The summed E-state index contributed by atoms with van der Waals surface area (Å²) in [6.45, 7) is 0. The molecule has 0 amide bonds. The summed E-state index contributed by atoms with van der Waals surface area (Å²) in [5.74, 6) is 0. The molecule has 0 unspecified atom stereocenters. The SMILES string of the molecule is Br/C1=C/CC/C=C/CC/C=C/CC1. The van der Waals surface area contributed by atoms with E-state index in [-0.39, 0.29) is 0 Å².